The lowest BCUT2D eigenvalue weighted by Crippen LogP contribution is -2.38. The van der Waals surface area contributed by atoms with Crippen molar-refractivity contribution in [1.29, 1.82) is 0 Å². The molecule has 6 nitrogen and oxygen atoms in total. The van der Waals surface area contributed by atoms with Crippen LogP contribution in [0.3, 0.4) is 0 Å². The summed E-state index contributed by atoms with van der Waals surface area (Å²) < 4.78 is 16.3. The lowest BCUT2D eigenvalue weighted by molar-refractivity contribution is 0.614. The van der Waals surface area contributed by atoms with E-state index in [-0.39, 0.29) is 5.82 Å². The van der Waals surface area contributed by atoms with Gasteiger partial charge < -0.3 is 15.2 Å². The summed E-state index contributed by atoms with van der Waals surface area (Å²) in [5.74, 6) is 1.17. The summed E-state index contributed by atoms with van der Waals surface area (Å²) in [7, 11) is 0. The van der Waals surface area contributed by atoms with Gasteiger partial charge in [0.15, 0.2) is 5.96 Å². The second-order valence-electron chi connectivity index (χ2n) is 6.36. The van der Waals surface area contributed by atoms with E-state index in [1.54, 1.807) is 34.4 Å². The van der Waals surface area contributed by atoms with Crippen LogP contribution in [0.2, 0.25) is 0 Å². The number of guanidine groups is 1. The molecule has 2 heterocycles. The minimum Gasteiger partial charge on any atom is -0.357 e. The number of halogens is 1. The van der Waals surface area contributed by atoms with Crippen LogP contribution in [0.15, 0.2) is 41.0 Å². The molecule has 2 N–H and O–H groups in total. The number of aromatic nitrogens is 3. The fraction of sp³-hybridized carbons (Fsp3) is 0.350. The Morgan fingerprint density at radius 1 is 1.29 bits per heavy atom. The molecule has 0 radical (unpaired) electrons. The molecule has 3 aromatic rings. The Hall–Kier alpha value is -2.74. The molecule has 8 heteroatoms. The molecule has 0 atom stereocenters. The summed E-state index contributed by atoms with van der Waals surface area (Å²) in [6, 6.07) is 5.18. The highest BCUT2D eigenvalue weighted by Gasteiger charge is 2.08. The smallest absolute Gasteiger partial charge is 0.191 e. The zero-order valence-electron chi connectivity index (χ0n) is 16.4. The number of aliphatic imine (C=N–C) groups is 1. The third kappa shape index (κ3) is 5.16. The van der Waals surface area contributed by atoms with Gasteiger partial charge in [0.05, 0.1) is 22.9 Å². The van der Waals surface area contributed by atoms with Gasteiger partial charge in [-0.25, -0.2) is 19.4 Å². The highest BCUT2D eigenvalue weighted by atomic mass is 32.1. The predicted octanol–water partition coefficient (Wildman–Crippen LogP) is 3.38. The molecule has 1 aromatic carbocycles. The van der Waals surface area contributed by atoms with Gasteiger partial charge >= 0.3 is 0 Å². The molecule has 28 heavy (non-hydrogen) atoms. The molecule has 0 saturated heterocycles. The summed E-state index contributed by atoms with van der Waals surface area (Å²) >= 11 is 1.66. The van der Waals surface area contributed by atoms with E-state index in [2.05, 4.69) is 31.0 Å². The van der Waals surface area contributed by atoms with Crippen molar-refractivity contribution >= 4 is 17.3 Å². The monoisotopic (exact) mass is 400 g/mol. The van der Waals surface area contributed by atoms with Crippen LogP contribution in [0.25, 0.3) is 5.69 Å². The van der Waals surface area contributed by atoms with Crippen molar-refractivity contribution in [3.8, 4) is 5.69 Å². The van der Waals surface area contributed by atoms with Crippen molar-refractivity contribution < 1.29 is 4.39 Å². The summed E-state index contributed by atoms with van der Waals surface area (Å²) in [5, 5.41) is 9.67. The van der Waals surface area contributed by atoms with Gasteiger partial charge in [-0.1, -0.05) is 6.07 Å². The van der Waals surface area contributed by atoms with E-state index in [4.69, 9.17) is 0 Å². The molecule has 0 aliphatic carbocycles. The molecule has 3 rings (SSSR count). The van der Waals surface area contributed by atoms with E-state index in [1.165, 1.54) is 6.07 Å². The Labute approximate surface area is 168 Å². The number of imidazole rings is 1. The van der Waals surface area contributed by atoms with Crippen LogP contribution in [0.1, 0.15) is 29.0 Å². The van der Waals surface area contributed by atoms with Crippen molar-refractivity contribution in [3.63, 3.8) is 0 Å². The van der Waals surface area contributed by atoms with Gasteiger partial charge in [-0.15, -0.1) is 11.3 Å². The van der Waals surface area contributed by atoms with Gasteiger partial charge in [0.25, 0.3) is 0 Å². The first-order chi connectivity index (χ1) is 13.6. The topological polar surface area (TPSA) is 67.1 Å². The van der Waals surface area contributed by atoms with Crippen LogP contribution in [-0.4, -0.2) is 33.6 Å². The number of hydrogen-bond donors (Lipinski definition) is 2. The maximum atomic E-state index is 14.5. The lowest BCUT2D eigenvalue weighted by Gasteiger charge is -2.11. The van der Waals surface area contributed by atoms with Gasteiger partial charge in [-0.05, 0) is 38.5 Å². The zero-order valence-corrected chi connectivity index (χ0v) is 17.2. The average Bonchev–Trinajstić information content (AvgIpc) is 3.28. The van der Waals surface area contributed by atoms with E-state index < -0.39 is 0 Å². The Morgan fingerprint density at radius 2 is 2.14 bits per heavy atom. The molecule has 2 aromatic heterocycles. The first kappa shape index (κ1) is 20.0. The van der Waals surface area contributed by atoms with Crippen molar-refractivity contribution in [3.05, 3.63) is 63.9 Å². The Kier molecular flexibility index (Phi) is 6.76. The third-order valence-corrected chi connectivity index (χ3v) is 5.02. The normalized spacial score (nSPS) is 11.6. The molecule has 148 valence electrons. The van der Waals surface area contributed by atoms with E-state index in [1.807, 2.05) is 26.8 Å². The highest BCUT2D eigenvalue weighted by molar-refractivity contribution is 7.09. The SMILES string of the molecule is CCNC(=NCc1ccc(-n2ccnc2C)c(F)c1)NCCc1csc(C)n1. The van der Waals surface area contributed by atoms with Gasteiger partial charge in [-0.3, -0.25) is 0 Å². The van der Waals surface area contributed by atoms with Gasteiger partial charge in [-0.2, -0.15) is 0 Å². The quantitative estimate of drug-likeness (QED) is 0.471. The fourth-order valence-electron chi connectivity index (χ4n) is 2.82. The van der Waals surface area contributed by atoms with Crippen LogP contribution in [0.4, 0.5) is 4.39 Å². The standard InChI is InChI=1S/C20H25FN6S/c1-4-22-20(24-8-7-17-13-28-15(3)26-17)25-12-16-5-6-19(18(21)11-16)27-10-9-23-14(27)2/h5-6,9-11,13H,4,7-8,12H2,1-3H3,(H2,22,24,25). The summed E-state index contributed by atoms with van der Waals surface area (Å²) in [4.78, 5) is 13.2. The first-order valence-corrected chi connectivity index (χ1v) is 10.2. The van der Waals surface area contributed by atoms with Crippen LogP contribution in [0.5, 0.6) is 0 Å². The fourth-order valence-corrected chi connectivity index (χ4v) is 3.47. The van der Waals surface area contributed by atoms with E-state index >= 15 is 0 Å². The Balaban J connectivity index is 1.62. The van der Waals surface area contributed by atoms with Crippen LogP contribution in [-0.2, 0) is 13.0 Å². The maximum Gasteiger partial charge on any atom is 0.191 e. The number of benzene rings is 1. The second kappa shape index (κ2) is 9.45. The number of nitrogens with one attached hydrogen (secondary N) is 2. The molecular formula is C20H25FN6S. The molecule has 0 fully saturated rings. The predicted molar refractivity (Wildman–Crippen MR) is 112 cm³/mol. The molecular weight excluding hydrogens is 375 g/mol. The summed E-state index contributed by atoms with van der Waals surface area (Å²) in [5.41, 5.74) is 2.39. The van der Waals surface area contributed by atoms with Crippen molar-refractivity contribution in [2.45, 2.75) is 33.7 Å². The Morgan fingerprint density at radius 3 is 2.79 bits per heavy atom. The maximum absolute atomic E-state index is 14.5. The number of hydrogen-bond acceptors (Lipinski definition) is 4. The molecule has 0 aliphatic heterocycles. The van der Waals surface area contributed by atoms with Gasteiger partial charge in [0.2, 0.25) is 0 Å². The number of thiazole rings is 1. The van der Waals surface area contributed by atoms with Crippen LogP contribution < -0.4 is 10.6 Å². The third-order valence-electron chi connectivity index (χ3n) is 4.20. The summed E-state index contributed by atoms with van der Waals surface area (Å²) in [6.45, 7) is 7.76. The van der Waals surface area contributed by atoms with Crippen LogP contribution in [0, 0.1) is 19.7 Å². The number of nitrogens with zero attached hydrogens (tertiary/aromatic N) is 4. The second-order valence-corrected chi connectivity index (χ2v) is 7.42. The van der Waals surface area contributed by atoms with Crippen molar-refractivity contribution in [2.75, 3.05) is 13.1 Å². The van der Waals surface area contributed by atoms with E-state index in [0.29, 0.717) is 18.2 Å². The number of rotatable bonds is 7. The minimum absolute atomic E-state index is 0.286. The summed E-state index contributed by atoms with van der Waals surface area (Å²) in [6.07, 6.45) is 4.25. The minimum atomic E-state index is -0.286. The van der Waals surface area contributed by atoms with Gasteiger partial charge in [0, 0.05) is 37.3 Å². The Bertz CT molecular complexity index is 946. The molecule has 0 unspecified atom stereocenters. The first-order valence-electron chi connectivity index (χ1n) is 9.28. The lowest BCUT2D eigenvalue weighted by atomic mass is 10.2. The molecule has 0 saturated carbocycles. The zero-order chi connectivity index (χ0) is 19.9. The molecule has 0 aliphatic rings. The molecule has 0 amide bonds. The van der Waals surface area contributed by atoms with Gasteiger partial charge in [0.1, 0.15) is 11.6 Å². The van der Waals surface area contributed by atoms with E-state index in [0.717, 1.165) is 41.6 Å². The van der Waals surface area contributed by atoms with Crippen molar-refractivity contribution in [1.82, 2.24) is 25.2 Å². The van der Waals surface area contributed by atoms with Crippen molar-refractivity contribution in [2.24, 2.45) is 4.99 Å². The average molecular weight is 401 g/mol. The van der Waals surface area contributed by atoms with E-state index in [9.17, 15) is 4.39 Å². The molecule has 0 bridgehead atoms. The highest BCUT2D eigenvalue weighted by Crippen LogP contribution is 2.17. The number of aryl methyl sites for hydroxylation is 2. The van der Waals surface area contributed by atoms with Crippen LogP contribution >= 0.6 is 11.3 Å². The molecule has 0 spiro atoms. The largest absolute Gasteiger partial charge is 0.357 e.